The van der Waals surface area contributed by atoms with Crippen molar-refractivity contribution in [1.82, 2.24) is 4.90 Å². The molecule has 2 rings (SSSR count). The van der Waals surface area contributed by atoms with Crippen LogP contribution in [0.25, 0.3) is 0 Å². The van der Waals surface area contributed by atoms with E-state index in [4.69, 9.17) is 4.74 Å². The molecule has 0 N–H and O–H groups in total. The van der Waals surface area contributed by atoms with Gasteiger partial charge < -0.3 is 9.64 Å². The molecule has 1 amide bonds. The number of morpholine rings is 1. The van der Waals surface area contributed by atoms with Crippen molar-refractivity contribution in [1.29, 1.82) is 0 Å². The molecular formula is C15H20FNO2. The molecule has 3 nitrogen and oxygen atoms in total. The maximum Gasteiger partial charge on any atom is 0.228 e. The monoisotopic (exact) mass is 265 g/mol. The molecule has 1 saturated heterocycles. The summed E-state index contributed by atoms with van der Waals surface area (Å²) in [6, 6.07) is 6.57. The molecule has 19 heavy (non-hydrogen) atoms. The second kappa shape index (κ2) is 5.29. The van der Waals surface area contributed by atoms with E-state index in [-0.39, 0.29) is 17.8 Å². The number of ether oxygens (including phenoxy) is 1. The third-order valence-corrected chi connectivity index (χ3v) is 3.25. The van der Waals surface area contributed by atoms with Crippen LogP contribution in [-0.4, -0.2) is 30.5 Å². The Hall–Kier alpha value is -1.42. The van der Waals surface area contributed by atoms with Crippen LogP contribution in [0.5, 0.6) is 0 Å². The van der Waals surface area contributed by atoms with Crippen molar-refractivity contribution in [2.75, 3.05) is 19.7 Å². The van der Waals surface area contributed by atoms with Gasteiger partial charge in [0.25, 0.3) is 0 Å². The first-order chi connectivity index (χ1) is 8.89. The number of hydrogen-bond donors (Lipinski definition) is 0. The van der Waals surface area contributed by atoms with Gasteiger partial charge in [-0.2, -0.15) is 0 Å². The lowest BCUT2D eigenvalue weighted by atomic mass is 9.94. The molecule has 0 aromatic heterocycles. The number of benzene rings is 1. The van der Waals surface area contributed by atoms with E-state index in [0.717, 1.165) is 0 Å². The zero-order valence-corrected chi connectivity index (χ0v) is 11.6. The molecule has 104 valence electrons. The largest absolute Gasteiger partial charge is 0.370 e. The quantitative estimate of drug-likeness (QED) is 0.781. The first-order valence-electron chi connectivity index (χ1n) is 6.55. The van der Waals surface area contributed by atoms with Crippen LogP contribution in [0.2, 0.25) is 0 Å². The molecule has 1 heterocycles. The average Bonchev–Trinajstić information content (AvgIpc) is 2.37. The van der Waals surface area contributed by atoms with Gasteiger partial charge in [-0.05, 0) is 6.07 Å². The lowest BCUT2D eigenvalue weighted by Gasteiger charge is -2.36. The fourth-order valence-electron chi connectivity index (χ4n) is 2.23. The molecule has 1 aliphatic heterocycles. The Morgan fingerprint density at radius 2 is 2.05 bits per heavy atom. The summed E-state index contributed by atoms with van der Waals surface area (Å²) in [7, 11) is 0. The van der Waals surface area contributed by atoms with Gasteiger partial charge in [0.1, 0.15) is 11.9 Å². The zero-order valence-electron chi connectivity index (χ0n) is 11.6. The summed E-state index contributed by atoms with van der Waals surface area (Å²) in [4.78, 5) is 14.0. The summed E-state index contributed by atoms with van der Waals surface area (Å²) in [6.45, 7) is 7.10. The minimum absolute atomic E-state index is 0.0807. The molecular weight excluding hydrogens is 245 g/mol. The van der Waals surface area contributed by atoms with Gasteiger partial charge in [-0.3, -0.25) is 4.79 Å². The fraction of sp³-hybridized carbons (Fsp3) is 0.533. The van der Waals surface area contributed by atoms with E-state index in [2.05, 4.69) is 0 Å². The molecule has 1 aliphatic rings. The Bertz CT molecular complexity index is 467. The smallest absolute Gasteiger partial charge is 0.228 e. The molecule has 0 saturated carbocycles. The van der Waals surface area contributed by atoms with Gasteiger partial charge >= 0.3 is 0 Å². The van der Waals surface area contributed by atoms with E-state index in [1.54, 1.807) is 23.1 Å². The Labute approximate surface area is 113 Å². The van der Waals surface area contributed by atoms with E-state index in [1.165, 1.54) is 6.07 Å². The van der Waals surface area contributed by atoms with Crippen molar-refractivity contribution in [3.63, 3.8) is 0 Å². The van der Waals surface area contributed by atoms with Crippen LogP contribution in [0.4, 0.5) is 4.39 Å². The lowest BCUT2D eigenvalue weighted by molar-refractivity contribution is -0.147. The van der Waals surface area contributed by atoms with Gasteiger partial charge in [-0.1, -0.05) is 39.0 Å². The molecule has 0 radical (unpaired) electrons. The third kappa shape index (κ3) is 3.13. The Morgan fingerprint density at radius 3 is 2.68 bits per heavy atom. The predicted molar refractivity (Wildman–Crippen MR) is 71.1 cm³/mol. The Morgan fingerprint density at radius 1 is 1.37 bits per heavy atom. The lowest BCUT2D eigenvalue weighted by Crippen LogP contribution is -2.47. The second-order valence-corrected chi connectivity index (χ2v) is 5.88. The van der Waals surface area contributed by atoms with Gasteiger partial charge in [0, 0.05) is 17.5 Å². The number of nitrogens with zero attached hydrogens (tertiary/aromatic N) is 1. The van der Waals surface area contributed by atoms with Crippen LogP contribution in [0.15, 0.2) is 24.3 Å². The summed E-state index contributed by atoms with van der Waals surface area (Å²) in [5, 5.41) is 0. The highest BCUT2D eigenvalue weighted by molar-refractivity contribution is 5.81. The number of halogens is 1. The minimum atomic E-state index is -0.420. The maximum absolute atomic E-state index is 13.8. The van der Waals surface area contributed by atoms with Crippen LogP contribution in [0.3, 0.4) is 0 Å². The number of carbonyl (C=O) groups excluding carboxylic acids is 1. The SMILES string of the molecule is CC(C)(C)C(=O)N1CCOC(c2ccccc2F)C1. The molecule has 1 aromatic carbocycles. The van der Waals surface area contributed by atoms with Gasteiger partial charge in [-0.15, -0.1) is 0 Å². The Balaban J connectivity index is 2.14. The number of rotatable bonds is 1. The first-order valence-corrected chi connectivity index (χ1v) is 6.55. The highest BCUT2D eigenvalue weighted by atomic mass is 19.1. The summed E-state index contributed by atoms with van der Waals surface area (Å²) < 4.78 is 19.4. The highest BCUT2D eigenvalue weighted by Crippen LogP contribution is 2.27. The van der Waals surface area contributed by atoms with Crippen molar-refractivity contribution in [2.24, 2.45) is 5.41 Å². The first kappa shape index (κ1) is 14.0. The standard InChI is InChI=1S/C15H20FNO2/c1-15(2,3)14(18)17-8-9-19-13(10-17)11-6-4-5-7-12(11)16/h4-7,13H,8-10H2,1-3H3. The summed E-state index contributed by atoms with van der Waals surface area (Å²) >= 11 is 0. The van der Waals surface area contributed by atoms with E-state index < -0.39 is 5.41 Å². The Kier molecular flexibility index (Phi) is 3.90. The molecule has 1 fully saturated rings. The van der Waals surface area contributed by atoms with Crippen molar-refractivity contribution in [3.05, 3.63) is 35.6 Å². The normalized spacial score (nSPS) is 20.4. The minimum Gasteiger partial charge on any atom is -0.370 e. The number of carbonyl (C=O) groups is 1. The summed E-state index contributed by atoms with van der Waals surface area (Å²) in [5.41, 5.74) is 0.103. The topological polar surface area (TPSA) is 29.5 Å². The van der Waals surface area contributed by atoms with Crippen molar-refractivity contribution in [3.8, 4) is 0 Å². The molecule has 1 unspecified atom stereocenters. The highest BCUT2D eigenvalue weighted by Gasteiger charge is 2.32. The van der Waals surface area contributed by atoms with Crippen molar-refractivity contribution in [2.45, 2.75) is 26.9 Å². The van der Waals surface area contributed by atoms with Crippen LogP contribution < -0.4 is 0 Å². The molecule has 0 aliphatic carbocycles. The van der Waals surface area contributed by atoms with E-state index in [9.17, 15) is 9.18 Å². The van der Waals surface area contributed by atoms with Crippen LogP contribution >= 0.6 is 0 Å². The molecule has 4 heteroatoms. The van der Waals surface area contributed by atoms with Crippen LogP contribution in [0, 0.1) is 11.2 Å². The summed E-state index contributed by atoms with van der Waals surface area (Å²) in [6.07, 6.45) is -0.374. The van der Waals surface area contributed by atoms with Crippen LogP contribution in [-0.2, 0) is 9.53 Å². The molecule has 0 bridgehead atoms. The van der Waals surface area contributed by atoms with Gasteiger partial charge in [0.05, 0.1) is 13.2 Å². The number of hydrogen-bond acceptors (Lipinski definition) is 2. The summed E-state index contributed by atoms with van der Waals surface area (Å²) in [5.74, 6) is -0.199. The predicted octanol–water partition coefficient (Wildman–Crippen LogP) is 2.77. The van der Waals surface area contributed by atoms with E-state index in [1.807, 2.05) is 20.8 Å². The van der Waals surface area contributed by atoms with Gasteiger partial charge in [0.15, 0.2) is 0 Å². The van der Waals surface area contributed by atoms with E-state index >= 15 is 0 Å². The van der Waals surface area contributed by atoms with E-state index in [0.29, 0.717) is 25.3 Å². The maximum atomic E-state index is 13.8. The van der Waals surface area contributed by atoms with Crippen molar-refractivity contribution >= 4 is 5.91 Å². The molecule has 1 aromatic rings. The van der Waals surface area contributed by atoms with Gasteiger partial charge in [0.2, 0.25) is 5.91 Å². The molecule has 1 atom stereocenters. The van der Waals surface area contributed by atoms with Gasteiger partial charge in [-0.25, -0.2) is 4.39 Å². The van der Waals surface area contributed by atoms with Crippen LogP contribution in [0.1, 0.15) is 32.4 Å². The second-order valence-electron chi connectivity index (χ2n) is 5.88. The number of amides is 1. The third-order valence-electron chi connectivity index (χ3n) is 3.25. The fourth-order valence-corrected chi connectivity index (χ4v) is 2.23. The van der Waals surface area contributed by atoms with Crippen molar-refractivity contribution < 1.29 is 13.9 Å². The average molecular weight is 265 g/mol. The zero-order chi connectivity index (χ0) is 14.0. The molecule has 0 spiro atoms.